The van der Waals surface area contributed by atoms with E-state index in [1.807, 2.05) is 31.2 Å². The van der Waals surface area contributed by atoms with Crippen molar-refractivity contribution in [3.63, 3.8) is 0 Å². The van der Waals surface area contributed by atoms with E-state index in [-0.39, 0.29) is 5.75 Å². The summed E-state index contributed by atoms with van der Waals surface area (Å²) in [4.78, 5) is 0. The van der Waals surface area contributed by atoms with Crippen LogP contribution in [0.15, 0.2) is 24.3 Å². The third kappa shape index (κ3) is 6.59. The molecular weight excluding hydrogens is 264 g/mol. The summed E-state index contributed by atoms with van der Waals surface area (Å²) in [6.07, 6.45) is 2.83. The highest BCUT2D eigenvalue weighted by Gasteiger charge is 2.04. The molecule has 0 amide bonds. The predicted octanol–water partition coefficient (Wildman–Crippen LogP) is 2.33. The molecule has 0 radical (unpaired) electrons. The number of aliphatic hydroxyl groups excluding tert-OH is 1. The minimum atomic E-state index is -2.87. The van der Waals surface area contributed by atoms with Crippen molar-refractivity contribution in [1.82, 2.24) is 0 Å². The van der Waals surface area contributed by atoms with Crippen molar-refractivity contribution in [2.24, 2.45) is 0 Å². The smallest absolute Gasteiger partial charge is 0.147 e. The molecule has 1 atom stereocenters. The fourth-order valence-electron chi connectivity index (χ4n) is 1.68. The van der Waals surface area contributed by atoms with Crippen LogP contribution in [0.2, 0.25) is 0 Å². The number of sulfone groups is 1. The van der Waals surface area contributed by atoms with E-state index in [9.17, 15) is 13.5 Å². The van der Waals surface area contributed by atoms with Gasteiger partial charge in [0, 0.05) is 6.26 Å². The molecule has 0 heterocycles. The van der Waals surface area contributed by atoms with E-state index in [1.54, 1.807) is 0 Å². The number of hydrogen-bond donors (Lipinski definition) is 1. The molecule has 4 nitrogen and oxygen atoms in total. The van der Waals surface area contributed by atoms with Gasteiger partial charge in [-0.25, -0.2) is 8.42 Å². The molecule has 1 aromatic carbocycles. The number of aliphatic hydroxyl groups is 1. The average Bonchev–Trinajstić information content (AvgIpc) is 2.37. The molecule has 1 aromatic rings. The van der Waals surface area contributed by atoms with Gasteiger partial charge >= 0.3 is 0 Å². The summed E-state index contributed by atoms with van der Waals surface area (Å²) in [6, 6.07) is 7.34. The van der Waals surface area contributed by atoms with Crippen LogP contribution in [0, 0.1) is 0 Å². The lowest BCUT2D eigenvalue weighted by Crippen LogP contribution is -2.05. The standard InChI is InChI=1S/C14H22O4S/c1-3-14(15)12-6-8-13(9-7-12)18-10-4-5-11-19(2,16)17/h6-9,14-15H,3-5,10-11H2,1-2H3. The SMILES string of the molecule is CCC(O)c1ccc(OCCCCS(C)(=O)=O)cc1. The molecule has 0 fully saturated rings. The molecule has 0 aliphatic carbocycles. The molecule has 0 aromatic heterocycles. The van der Waals surface area contributed by atoms with Crippen LogP contribution >= 0.6 is 0 Å². The Hall–Kier alpha value is -1.07. The van der Waals surface area contributed by atoms with E-state index in [4.69, 9.17) is 4.74 Å². The van der Waals surface area contributed by atoms with Crippen LogP contribution in [0.1, 0.15) is 37.9 Å². The molecule has 108 valence electrons. The fraction of sp³-hybridized carbons (Fsp3) is 0.571. The molecule has 0 saturated heterocycles. The number of rotatable bonds is 8. The van der Waals surface area contributed by atoms with Gasteiger partial charge < -0.3 is 9.84 Å². The fourth-order valence-corrected chi connectivity index (χ4v) is 2.41. The second kappa shape index (κ2) is 7.50. The highest BCUT2D eigenvalue weighted by atomic mass is 32.2. The van der Waals surface area contributed by atoms with Crippen LogP contribution in [0.25, 0.3) is 0 Å². The molecule has 0 bridgehead atoms. The van der Waals surface area contributed by atoms with Crippen LogP contribution < -0.4 is 4.74 Å². The summed E-state index contributed by atoms with van der Waals surface area (Å²) in [5, 5.41) is 9.64. The summed E-state index contributed by atoms with van der Waals surface area (Å²) in [5.41, 5.74) is 0.881. The van der Waals surface area contributed by atoms with Crippen molar-refractivity contribution < 1.29 is 18.3 Å². The minimum Gasteiger partial charge on any atom is -0.494 e. The van der Waals surface area contributed by atoms with Crippen molar-refractivity contribution in [2.45, 2.75) is 32.3 Å². The number of benzene rings is 1. The molecule has 5 heteroatoms. The van der Waals surface area contributed by atoms with Crippen molar-refractivity contribution >= 4 is 9.84 Å². The molecule has 0 aliphatic rings. The van der Waals surface area contributed by atoms with Gasteiger partial charge in [0.25, 0.3) is 0 Å². The second-order valence-corrected chi connectivity index (χ2v) is 6.94. The molecule has 0 spiro atoms. The van der Waals surface area contributed by atoms with Crippen LogP contribution in [0.3, 0.4) is 0 Å². The van der Waals surface area contributed by atoms with Gasteiger partial charge in [-0.3, -0.25) is 0 Å². The van der Waals surface area contributed by atoms with Gasteiger partial charge in [-0.2, -0.15) is 0 Å². The number of hydrogen-bond acceptors (Lipinski definition) is 4. The van der Waals surface area contributed by atoms with Gasteiger partial charge in [0.1, 0.15) is 15.6 Å². The normalized spacial score (nSPS) is 13.2. The Labute approximate surface area is 115 Å². The van der Waals surface area contributed by atoms with Crippen LogP contribution in [0.5, 0.6) is 5.75 Å². The lowest BCUT2D eigenvalue weighted by molar-refractivity contribution is 0.173. The molecule has 0 saturated carbocycles. The Morgan fingerprint density at radius 2 is 1.84 bits per heavy atom. The monoisotopic (exact) mass is 286 g/mol. The van der Waals surface area contributed by atoms with Gasteiger partial charge in [0.15, 0.2) is 0 Å². The van der Waals surface area contributed by atoms with Crippen LogP contribution in [0.4, 0.5) is 0 Å². The highest BCUT2D eigenvalue weighted by Crippen LogP contribution is 2.19. The maximum absolute atomic E-state index is 10.9. The largest absolute Gasteiger partial charge is 0.494 e. The molecule has 1 rings (SSSR count). The quantitative estimate of drug-likeness (QED) is 0.745. The Bertz CT molecular complexity index is 465. The summed E-state index contributed by atoms with van der Waals surface area (Å²) >= 11 is 0. The zero-order valence-corrected chi connectivity index (χ0v) is 12.3. The van der Waals surface area contributed by atoms with Crippen molar-refractivity contribution in [3.05, 3.63) is 29.8 Å². The maximum Gasteiger partial charge on any atom is 0.147 e. The first-order valence-corrected chi connectivity index (χ1v) is 8.57. The topological polar surface area (TPSA) is 63.6 Å². The van der Waals surface area contributed by atoms with Gasteiger partial charge in [-0.05, 0) is 37.0 Å². The maximum atomic E-state index is 10.9. The molecule has 19 heavy (non-hydrogen) atoms. The Balaban J connectivity index is 2.30. The number of ether oxygens (including phenoxy) is 1. The summed E-state index contributed by atoms with van der Waals surface area (Å²) in [6.45, 7) is 2.43. The van der Waals surface area contributed by atoms with Gasteiger partial charge in [-0.1, -0.05) is 19.1 Å². The summed E-state index contributed by atoms with van der Waals surface area (Å²) < 4.78 is 27.4. The van der Waals surface area contributed by atoms with Gasteiger partial charge in [0.2, 0.25) is 0 Å². The molecule has 1 N–H and O–H groups in total. The first kappa shape index (κ1) is 16.0. The highest BCUT2D eigenvalue weighted by molar-refractivity contribution is 7.90. The van der Waals surface area contributed by atoms with Crippen molar-refractivity contribution in [3.8, 4) is 5.75 Å². The van der Waals surface area contributed by atoms with E-state index in [0.717, 1.165) is 11.3 Å². The van der Waals surface area contributed by atoms with Gasteiger partial charge in [-0.15, -0.1) is 0 Å². The van der Waals surface area contributed by atoms with E-state index in [2.05, 4.69) is 0 Å². The lowest BCUT2D eigenvalue weighted by Gasteiger charge is -2.10. The predicted molar refractivity (Wildman–Crippen MR) is 76.1 cm³/mol. The van der Waals surface area contributed by atoms with E-state index in [0.29, 0.717) is 25.9 Å². The van der Waals surface area contributed by atoms with Crippen molar-refractivity contribution in [1.29, 1.82) is 0 Å². The van der Waals surface area contributed by atoms with Crippen LogP contribution in [-0.2, 0) is 9.84 Å². The Morgan fingerprint density at radius 1 is 1.21 bits per heavy atom. The Morgan fingerprint density at radius 3 is 2.37 bits per heavy atom. The third-order valence-electron chi connectivity index (χ3n) is 2.83. The molecule has 1 unspecified atom stereocenters. The zero-order chi connectivity index (χ0) is 14.3. The number of unbranched alkanes of at least 4 members (excludes halogenated alkanes) is 1. The second-order valence-electron chi connectivity index (χ2n) is 4.68. The van der Waals surface area contributed by atoms with Crippen LogP contribution in [-0.4, -0.2) is 32.1 Å². The first-order chi connectivity index (χ1) is 8.92. The molecule has 0 aliphatic heterocycles. The van der Waals surface area contributed by atoms with Gasteiger partial charge in [0.05, 0.1) is 18.5 Å². The third-order valence-corrected chi connectivity index (χ3v) is 3.86. The Kier molecular flexibility index (Phi) is 6.31. The lowest BCUT2D eigenvalue weighted by atomic mass is 10.1. The first-order valence-electron chi connectivity index (χ1n) is 6.51. The summed E-state index contributed by atoms with van der Waals surface area (Å²) in [5.74, 6) is 0.948. The average molecular weight is 286 g/mol. The molecular formula is C14H22O4S. The van der Waals surface area contributed by atoms with E-state index < -0.39 is 15.9 Å². The van der Waals surface area contributed by atoms with E-state index >= 15 is 0 Å². The van der Waals surface area contributed by atoms with E-state index in [1.165, 1.54) is 6.26 Å². The van der Waals surface area contributed by atoms with Crippen molar-refractivity contribution in [2.75, 3.05) is 18.6 Å². The zero-order valence-electron chi connectivity index (χ0n) is 11.5. The minimum absolute atomic E-state index is 0.206. The summed E-state index contributed by atoms with van der Waals surface area (Å²) in [7, 11) is -2.87.